The summed E-state index contributed by atoms with van der Waals surface area (Å²) >= 11 is 0. The molecule has 2 aromatic carbocycles. The third-order valence-corrected chi connectivity index (χ3v) is 4.20. The lowest BCUT2D eigenvalue weighted by Gasteiger charge is -2.12. The van der Waals surface area contributed by atoms with Crippen LogP contribution in [0.1, 0.15) is 34.0 Å². The van der Waals surface area contributed by atoms with Crippen molar-refractivity contribution in [1.82, 2.24) is 4.90 Å². The minimum absolute atomic E-state index is 0.0800. The molecule has 7 nitrogen and oxygen atoms in total. The van der Waals surface area contributed by atoms with E-state index in [0.29, 0.717) is 29.7 Å². The lowest BCUT2D eigenvalue weighted by Crippen LogP contribution is -2.21. The van der Waals surface area contributed by atoms with Crippen LogP contribution in [0.2, 0.25) is 0 Å². The number of nitro groups is 1. The molecule has 0 radical (unpaired) electrons. The van der Waals surface area contributed by atoms with E-state index in [1.165, 1.54) is 17.0 Å². The van der Waals surface area contributed by atoms with Gasteiger partial charge >= 0.3 is 5.69 Å². The summed E-state index contributed by atoms with van der Waals surface area (Å²) in [5, 5.41) is 21.3. The van der Waals surface area contributed by atoms with Gasteiger partial charge in [-0.15, -0.1) is 0 Å². The fourth-order valence-electron chi connectivity index (χ4n) is 2.88. The molecule has 25 heavy (non-hydrogen) atoms. The van der Waals surface area contributed by atoms with E-state index in [-0.39, 0.29) is 17.3 Å². The number of ether oxygens (including phenoxy) is 1. The van der Waals surface area contributed by atoms with Gasteiger partial charge < -0.3 is 14.7 Å². The number of hydrogen-bond donors (Lipinski definition) is 1. The first-order valence-electron chi connectivity index (χ1n) is 7.85. The summed E-state index contributed by atoms with van der Waals surface area (Å²) in [6.07, 6.45) is 0.536. The van der Waals surface area contributed by atoms with Crippen molar-refractivity contribution < 1.29 is 19.6 Å². The number of aryl methyl sites for hydroxylation is 1. The molecule has 1 N–H and O–H groups in total. The van der Waals surface area contributed by atoms with E-state index >= 15 is 0 Å². The van der Waals surface area contributed by atoms with E-state index in [9.17, 15) is 20.0 Å². The Morgan fingerprint density at radius 1 is 1.28 bits per heavy atom. The van der Waals surface area contributed by atoms with E-state index in [4.69, 9.17) is 4.74 Å². The molecule has 0 aliphatic heterocycles. The van der Waals surface area contributed by atoms with E-state index in [1.54, 1.807) is 38.4 Å². The highest BCUT2D eigenvalue weighted by Crippen LogP contribution is 2.40. The fourth-order valence-corrected chi connectivity index (χ4v) is 2.88. The third kappa shape index (κ3) is 3.32. The minimum atomic E-state index is -0.627. The van der Waals surface area contributed by atoms with Crippen LogP contribution in [-0.4, -0.2) is 34.9 Å². The highest BCUT2D eigenvalue weighted by Gasteiger charge is 2.27. The van der Waals surface area contributed by atoms with Gasteiger partial charge in [-0.25, -0.2) is 0 Å². The molecule has 0 saturated carbocycles. The van der Waals surface area contributed by atoms with Crippen LogP contribution in [0.25, 0.3) is 0 Å². The van der Waals surface area contributed by atoms with Crippen LogP contribution >= 0.6 is 0 Å². The van der Waals surface area contributed by atoms with Crippen molar-refractivity contribution >= 4 is 11.6 Å². The second-order valence-electron chi connectivity index (χ2n) is 6.16. The summed E-state index contributed by atoms with van der Waals surface area (Å²) in [5.41, 5.74) is 1.80. The van der Waals surface area contributed by atoms with Crippen molar-refractivity contribution in [1.29, 1.82) is 0 Å². The van der Waals surface area contributed by atoms with Crippen LogP contribution in [0.15, 0.2) is 36.4 Å². The van der Waals surface area contributed by atoms with Gasteiger partial charge in [0, 0.05) is 25.7 Å². The average Bonchev–Trinajstić information content (AvgIpc) is 2.94. The highest BCUT2D eigenvalue weighted by molar-refractivity contribution is 5.93. The summed E-state index contributed by atoms with van der Waals surface area (Å²) in [6.45, 7) is 0. The molecule has 0 spiro atoms. The number of rotatable bonds is 4. The first-order valence-corrected chi connectivity index (χ1v) is 7.85. The van der Waals surface area contributed by atoms with E-state index in [0.717, 1.165) is 5.56 Å². The summed E-state index contributed by atoms with van der Waals surface area (Å²) in [4.78, 5) is 24.2. The number of carbonyl (C=O) groups excluding carboxylic acids is 1. The Balaban J connectivity index is 1.91. The maximum atomic E-state index is 11.9. The Kier molecular flexibility index (Phi) is 4.41. The third-order valence-electron chi connectivity index (χ3n) is 4.20. The van der Waals surface area contributed by atoms with Crippen molar-refractivity contribution in [2.45, 2.75) is 18.9 Å². The molecule has 1 unspecified atom stereocenters. The molecular weight excluding hydrogens is 324 g/mol. The Labute approximate surface area is 144 Å². The van der Waals surface area contributed by atoms with E-state index in [2.05, 4.69) is 0 Å². The Hall–Kier alpha value is -2.93. The summed E-state index contributed by atoms with van der Waals surface area (Å²) < 4.78 is 5.66. The fraction of sp³-hybridized carbons (Fsp3) is 0.278. The Morgan fingerprint density at radius 2 is 1.96 bits per heavy atom. The SMILES string of the molecule is CN(C)C(=O)c1ccc(Oc2cc3c(cc2[N+](=O)[O-])CCC3O)cc1. The molecule has 130 valence electrons. The van der Waals surface area contributed by atoms with Crippen molar-refractivity contribution in [2.24, 2.45) is 0 Å². The molecule has 1 amide bonds. The Bertz CT molecular complexity index is 830. The second kappa shape index (κ2) is 6.52. The minimum Gasteiger partial charge on any atom is -0.450 e. The van der Waals surface area contributed by atoms with Crippen LogP contribution in [0.3, 0.4) is 0 Å². The number of hydrogen-bond acceptors (Lipinski definition) is 5. The molecule has 3 rings (SSSR count). The van der Waals surface area contributed by atoms with Gasteiger partial charge in [0.05, 0.1) is 11.0 Å². The molecular formula is C18H18N2O5. The van der Waals surface area contributed by atoms with Crippen LogP contribution in [-0.2, 0) is 6.42 Å². The first-order chi connectivity index (χ1) is 11.9. The molecule has 7 heteroatoms. The second-order valence-corrected chi connectivity index (χ2v) is 6.16. The molecule has 0 heterocycles. The van der Waals surface area contributed by atoms with Gasteiger partial charge in [-0.05, 0) is 54.3 Å². The lowest BCUT2D eigenvalue weighted by molar-refractivity contribution is -0.385. The number of fused-ring (bicyclic) bond motifs is 1. The van der Waals surface area contributed by atoms with Gasteiger partial charge in [0.1, 0.15) is 5.75 Å². The van der Waals surface area contributed by atoms with Crippen molar-refractivity contribution in [3.8, 4) is 11.5 Å². The van der Waals surface area contributed by atoms with Crippen molar-refractivity contribution in [3.63, 3.8) is 0 Å². The maximum Gasteiger partial charge on any atom is 0.311 e. The van der Waals surface area contributed by atoms with E-state index in [1.807, 2.05) is 0 Å². The van der Waals surface area contributed by atoms with Crippen molar-refractivity contribution in [3.05, 3.63) is 63.2 Å². The molecule has 0 fully saturated rings. The number of nitro benzene ring substituents is 1. The van der Waals surface area contributed by atoms with Crippen LogP contribution in [0.4, 0.5) is 5.69 Å². The standard InChI is InChI=1S/C18H18N2O5/c1-19(2)18(22)11-3-6-13(7-4-11)25-17-10-14-12(5-8-16(14)21)9-15(17)20(23)24/h3-4,6-7,9-10,16,21H,5,8H2,1-2H3. The van der Waals surface area contributed by atoms with Gasteiger partial charge in [-0.3, -0.25) is 14.9 Å². The Morgan fingerprint density at radius 3 is 2.56 bits per heavy atom. The molecule has 0 saturated heterocycles. The monoisotopic (exact) mass is 342 g/mol. The summed E-state index contributed by atoms with van der Waals surface area (Å²) in [5.74, 6) is 0.320. The van der Waals surface area contributed by atoms with Gasteiger partial charge in [-0.2, -0.15) is 0 Å². The van der Waals surface area contributed by atoms with Gasteiger partial charge in [-0.1, -0.05) is 0 Å². The zero-order chi connectivity index (χ0) is 18.1. The highest BCUT2D eigenvalue weighted by atomic mass is 16.6. The van der Waals surface area contributed by atoms with Gasteiger partial charge in [0.25, 0.3) is 5.91 Å². The smallest absolute Gasteiger partial charge is 0.311 e. The van der Waals surface area contributed by atoms with Crippen LogP contribution < -0.4 is 4.74 Å². The van der Waals surface area contributed by atoms with Gasteiger partial charge in [0.15, 0.2) is 0 Å². The predicted molar refractivity (Wildman–Crippen MR) is 90.9 cm³/mol. The topological polar surface area (TPSA) is 92.9 Å². The maximum absolute atomic E-state index is 11.9. The first kappa shape index (κ1) is 16.9. The van der Waals surface area contributed by atoms with Crippen LogP contribution in [0.5, 0.6) is 11.5 Å². The quantitative estimate of drug-likeness (QED) is 0.681. The number of amides is 1. The molecule has 0 aromatic heterocycles. The van der Waals surface area contributed by atoms with Gasteiger partial charge in [0.2, 0.25) is 5.75 Å². The number of nitrogens with zero attached hydrogens (tertiary/aromatic N) is 2. The average molecular weight is 342 g/mol. The zero-order valence-electron chi connectivity index (χ0n) is 13.9. The lowest BCUT2D eigenvalue weighted by atomic mass is 10.1. The number of aliphatic hydroxyl groups is 1. The molecule has 1 aliphatic carbocycles. The zero-order valence-corrected chi connectivity index (χ0v) is 13.9. The molecule has 0 bridgehead atoms. The van der Waals surface area contributed by atoms with E-state index < -0.39 is 11.0 Å². The number of carbonyl (C=O) groups is 1. The van der Waals surface area contributed by atoms with Crippen molar-refractivity contribution in [2.75, 3.05) is 14.1 Å². The summed E-state index contributed by atoms with van der Waals surface area (Å²) in [6, 6.07) is 9.38. The molecule has 1 atom stereocenters. The number of benzene rings is 2. The molecule has 2 aromatic rings. The largest absolute Gasteiger partial charge is 0.450 e. The predicted octanol–water partition coefficient (Wildman–Crippen LogP) is 3.07. The number of aliphatic hydroxyl groups excluding tert-OH is 1. The summed E-state index contributed by atoms with van der Waals surface area (Å²) in [7, 11) is 3.32. The van der Waals surface area contributed by atoms with Crippen LogP contribution in [0, 0.1) is 10.1 Å². The normalized spacial score (nSPS) is 15.6. The molecule has 1 aliphatic rings.